The quantitative estimate of drug-likeness (QED) is 0.943. The van der Waals surface area contributed by atoms with Crippen LogP contribution < -0.4 is 15.6 Å². The van der Waals surface area contributed by atoms with Gasteiger partial charge in [0.1, 0.15) is 11.3 Å². The molecule has 1 aliphatic rings. The van der Waals surface area contributed by atoms with Gasteiger partial charge in [0.2, 0.25) is 0 Å². The van der Waals surface area contributed by atoms with Crippen molar-refractivity contribution in [3.8, 4) is 5.75 Å². The van der Waals surface area contributed by atoms with E-state index >= 15 is 0 Å². The third-order valence-corrected chi connectivity index (χ3v) is 4.73. The number of aromatic nitrogens is 1. The van der Waals surface area contributed by atoms with E-state index in [2.05, 4.69) is 5.32 Å². The average Bonchev–Trinajstić information content (AvgIpc) is 2.58. The summed E-state index contributed by atoms with van der Waals surface area (Å²) < 4.78 is 7.03. The van der Waals surface area contributed by atoms with E-state index < -0.39 is 0 Å². The van der Waals surface area contributed by atoms with Gasteiger partial charge in [0.15, 0.2) is 0 Å². The summed E-state index contributed by atoms with van der Waals surface area (Å²) in [5, 5.41) is 2.98. The van der Waals surface area contributed by atoms with E-state index in [1.54, 1.807) is 4.57 Å². The fourth-order valence-corrected chi connectivity index (χ4v) is 3.22. The molecule has 126 valence electrons. The molecular formula is C19H22N2O3. The molecule has 5 nitrogen and oxygen atoms in total. The van der Waals surface area contributed by atoms with Gasteiger partial charge in [0.05, 0.1) is 7.11 Å². The minimum atomic E-state index is -0.230. The van der Waals surface area contributed by atoms with Crippen LogP contribution in [0.4, 0.5) is 5.69 Å². The minimum absolute atomic E-state index is 0.107. The lowest BCUT2D eigenvalue weighted by molar-refractivity contribution is 0.102. The lowest BCUT2D eigenvalue weighted by atomic mass is 10.0. The normalized spacial score (nSPS) is 13.3. The second kappa shape index (κ2) is 6.51. The molecule has 3 rings (SSSR count). The Kier molecular flexibility index (Phi) is 4.42. The highest BCUT2D eigenvalue weighted by atomic mass is 16.5. The van der Waals surface area contributed by atoms with E-state index in [1.807, 2.05) is 32.0 Å². The van der Waals surface area contributed by atoms with Crippen molar-refractivity contribution >= 4 is 11.6 Å². The van der Waals surface area contributed by atoms with Gasteiger partial charge in [-0.25, -0.2) is 0 Å². The first kappa shape index (κ1) is 16.3. The number of anilines is 1. The Balaban J connectivity index is 2.06. The number of fused-ring (bicyclic) bond motifs is 1. The van der Waals surface area contributed by atoms with Gasteiger partial charge in [0, 0.05) is 24.0 Å². The van der Waals surface area contributed by atoms with Crippen LogP contribution in [0.5, 0.6) is 5.75 Å². The summed E-state index contributed by atoms with van der Waals surface area (Å²) >= 11 is 0. The zero-order valence-corrected chi connectivity index (χ0v) is 14.3. The summed E-state index contributed by atoms with van der Waals surface area (Å²) in [7, 11) is 1.49. The lowest BCUT2D eigenvalue weighted by Gasteiger charge is -2.23. The lowest BCUT2D eigenvalue weighted by Crippen LogP contribution is -2.30. The Hall–Kier alpha value is -2.56. The first-order valence-electron chi connectivity index (χ1n) is 8.21. The summed E-state index contributed by atoms with van der Waals surface area (Å²) in [6.45, 7) is 4.64. The summed E-state index contributed by atoms with van der Waals surface area (Å²) in [6, 6.07) is 7.22. The highest BCUT2D eigenvalue weighted by molar-refractivity contribution is 6.07. The molecule has 0 saturated carbocycles. The number of hydrogen-bond acceptors (Lipinski definition) is 3. The van der Waals surface area contributed by atoms with Crippen molar-refractivity contribution in [1.82, 2.24) is 4.57 Å². The number of hydrogen-bond donors (Lipinski definition) is 1. The Morgan fingerprint density at radius 2 is 2.04 bits per heavy atom. The van der Waals surface area contributed by atoms with E-state index in [-0.39, 0.29) is 11.5 Å². The molecule has 2 heterocycles. The molecule has 0 spiro atoms. The van der Waals surface area contributed by atoms with Crippen molar-refractivity contribution in [3.05, 3.63) is 57.0 Å². The molecule has 1 aliphatic heterocycles. The zero-order chi connectivity index (χ0) is 17.3. The number of carbonyl (C=O) groups excluding carboxylic acids is 1. The SMILES string of the molecule is COc1cc(=O)n2c(c1C(=O)Nc1cccc(C)c1C)CCCC2. The first-order valence-corrected chi connectivity index (χ1v) is 8.21. The Morgan fingerprint density at radius 3 is 2.79 bits per heavy atom. The predicted octanol–water partition coefficient (Wildman–Crippen LogP) is 3.06. The molecular weight excluding hydrogens is 304 g/mol. The van der Waals surface area contributed by atoms with Crippen molar-refractivity contribution < 1.29 is 9.53 Å². The number of rotatable bonds is 3. The molecule has 5 heteroatoms. The van der Waals surface area contributed by atoms with Crippen LogP contribution in [0.3, 0.4) is 0 Å². The van der Waals surface area contributed by atoms with E-state index in [0.717, 1.165) is 35.3 Å². The van der Waals surface area contributed by atoms with Gasteiger partial charge in [-0.2, -0.15) is 0 Å². The smallest absolute Gasteiger partial charge is 0.261 e. The summed E-state index contributed by atoms with van der Waals surface area (Å²) in [6.07, 6.45) is 2.63. The van der Waals surface area contributed by atoms with Crippen LogP contribution in [0.15, 0.2) is 29.1 Å². The molecule has 0 radical (unpaired) electrons. The molecule has 24 heavy (non-hydrogen) atoms. The number of carbonyl (C=O) groups is 1. The number of pyridine rings is 1. The number of aryl methyl sites for hydroxylation is 1. The van der Waals surface area contributed by atoms with Gasteiger partial charge in [-0.05, 0) is 50.3 Å². The molecule has 0 fully saturated rings. The van der Waals surface area contributed by atoms with Crippen molar-refractivity contribution in [2.75, 3.05) is 12.4 Å². The summed E-state index contributed by atoms with van der Waals surface area (Å²) in [5.74, 6) is 0.113. The Labute approximate surface area is 141 Å². The van der Waals surface area contributed by atoms with E-state index in [9.17, 15) is 9.59 Å². The molecule has 0 aliphatic carbocycles. The molecule has 0 unspecified atom stereocenters. The van der Waals surface area contributed by atoms with Crippen molar-refractivity contribution in [1.29, 1.82) is 0 Å². The van der Waals surface area contributed by atoms with Gasteiger partial charge in [-0.15, -0.1) is 0 Å². The Bertz CT molecular complexity index is 852. The summed E-state index contributed by atoms with van der Waals surface area (Å²) in [4.78, 5) is 25.2. The highest BCUT2D eigenvalue weighted by Crippen LogP contribution is 2.27. The van der Waals surface area contributed by atoms with Crippen LogP contribution >= 0.6 is 0 Å². The minimum Gasteiger partial charge on any atom is -0.496 e. The second-order valence-electron chi connectivity index (χ2n) is 6.18. The maximum Gasteiger partial charge on any atom is 0.261 e. The molecule has 0 atom stereocenters. The number of nitrogens with zero attached hydrogens (tertiary/aromatic N) is 1. The maximum absolute atomic E-state index is 12.9. The van der Waals surface area contributed by atoms with Gasteiger partial charge >= 0.3 is 0 Å². The average molecular weight is 326 g/mol. The van der Waals surface area contributed by atoms with Crippen molar-refractivity contribution in [3.63, 3.8) is 0 Å². The number of amides is 1. The van der Waals surface area contributed by atoms with E-state index in [1.165, 1.54) is 13.2 Å². The van der Waals surface area contributed by atoms with Gasteiger partial charge in [-0.1, -0.05) is 12.1 Å². The van der Waals surface area contributed by atoms with E-state index in [4.69, 9.17) is 4.74 Å². The molecule has 0 bridgehead atoms. The second-order valence-corrected chi connectivity index (χ2v) is 6.18. The van der Waals surface area contributed by atoms with Crippen molar-refractivity contribution in [2.45, 2.75) is 39.7 Å². The van der Waals surface area contributed by atoms with Crippen LogP contribution in [0.2, 0.25) is 0 Å². The molecule has 0 saturated heterocycles. The van der Waals surface area contributed by atoms with Crippen LogP contribution in [0, 0.1) is 13.8 Å². The Morgan fingerprint density at radius 1 is 1.25 bits per heavy atom. The third-order valence-electron chi connectivity index (χ3n) is 4.73. The monoisotopic (exact) mass is 326 g/mol. The topological polar surface area (TPSA) is 60.3 Å². The fraction of sp³-hybridized carbons (Fsp3) is 0.368. The largest absolute Gasteiger partial charge is 0.496 e. The van der Waals surface area contributed by atoms with Gasteiger partial charge in [-0.3, -0.25) is 9.59 Å². The van der Waals surface area contributed by atoms with E-state index in [0.29, 0.717) is 24.3 Å². The standard InChI is InChI=1S/C19H22N2O3/c1-12-7-6-8-14(13(12)2)20-19(23)18-15-9-4-5-10-21(15)17(22)11-16(18)24-3/h6-8,11H,4-5,9-10H2,1-3H3,(H,20,23). The van der Waals surface area contributed by atoms with Crippen LogP contribution in [-0.4, -0.2) is 17.6 Å². The maximum atomic E-state index is 12.9. The molecule has 2 aromatic rings. The van der Waals surface area contributed by atoms with Gasteiger partial charge < -0.3 is 14.6 Å². The predicted molar refractivity (Wildman–Crippen MR) is 94.1 cm³/mol. The molecule has 1 amide bonds. The molecule has 1 aromatic heterocycles. The number of benzene rings is 1. The molecule has 1 N–H and O–H groups in total. The highest BCUT2D eigenvalue weighted by Gasteiger charge is 2.24. The third kappa shape index (κ3) is 2.82. The van der Waals surface area contributed by atoms with Crippen LogP contribution in [0.25, 0.3) is 0 Å². The van der Waals surface area contributed by atoms with Crippen LogP contribution in [0.1, 0.15) is 40.0 Å². The van der Waals surface area contributed by atoms with Crippen molar-refractivity contribution in [2.24, 2.45) is 0 Å². The number of ether oxygens (including phenoxy) is 1. The fourth-order valence-electron chi connectivity index (χ4n) is 3.22. The first-order chi connectivity index (χ1) is 11.5. The zero-order valence-electron chi connectivity index (χ0n) is 14.3. The molecule has 1 aromatic carbocycles. The number of nitrogens with one attached hydrogen (secondary N) is 1. The summed E-state index contributed by atoms with van der Waals surface area (Å²) in [5.41, 5.74) is 4.07. The van der Waals surface area contributed by atoms with Crippen LogP contribution in [-0.2, 0) is 13.0 Å². The number of methoxy groups -OCH3 is 1. The van der Waals surface area contributed by atoms with Gasteiger partial charge in [0.25, 0.3) is 11.5 Å².